The van der Waals surface area contributed by atoms with Crippen molar-refractivity contribution in [2.24, 2.45) is 16.1 Å². The molecule has 110 valence electrons. The van der Waals surface area contributed by atoms with Gasteiger partial charge in [0.15, 0.2) is 5.57 Å². The van der Waals surface area contributed by atoms with Gasteiger partial charge in [0.05, 0.1) is 31.9 Å². The van der Waals surface area contributed by atoms with Crippen LogP contribution in [0.3, 0.4) is 0 Å². The smallest absolute Gasteiger partial charge is 0.398 e. The molecule has 0 aromatic rings. The second-order valence-electron chi connectivity index (χ2n) is 4.20. The molecule has 1 aliphatic rings. The van der Waals surface area contributed by atoms with Gasteiger partial charge < -0.3 is 9.47 Å². The second kappa shape index (κ2) is 8.52. The van der Waals surface area contributed by atoms with Crippen molar-refractivity contribution in [1.82, 2.24) is 0 Å². The molecule has 1 rings (SSSR count). The van der Waals surface area contributed by atoms with Gasteiger partial charge in [-0.3, -0.25) is 0 Å². The summed E-state index contributed by atoms with van der Waals surface area (Å²) in [5, 5.41) is 7.38. The number of methoxy groups -OCH3 is 1. The van der Waals surface area contributed by atoms with E-state index in [1.165, 1.54) is 7.11 Å². The molecule has 0 saturated heterocycles. The summed E-state index contributed by atoms with van der Waals surface area (Å²) in [5.74, 6) is -1.06. The number of esters is 2. The molecule has 0 aliphatic heterocycles. The number of rotatable bonds is 6. The molecule has 0 radical (unpaired) electrons. The molecule has 6 heteroatoms. The van der Waals surface area contributed by atoms with Gasteiger partial charge in [-0.05, 0) is 0 Å². The van der Waals surface area contributed by atoms with Crippen LogP contribution in [0.2, 0.25) is 0 Å². The molecule has 0 saturated carbocycles. The molecular weight excluding hydrogens is 272 g/mol. The van der Waals surface area contributed by atoms with E-state index in [9.17, 15) is 9.59 Å². The minimum Gasteiger partial charge on any atom is -0.465 e. The summed E-state index contributed by atoms with van der Waals surface area (Å²) < 4.78 is 9.55. The molecule has 0 spiro atoms. The zero-order chi connectivity index (χ0) is 15.7. The van der Waals surface area contributed by atoms with Crippen LogP contribution in [0.5, 0.6) is 0 Å². The van der Waals surface area contributed by atoms with E-state index < -0.39 is 11.9 Å². The summed E-state index contributed by atoms with van der Waals surface area (Å²) in [7, 11) is 1.24. The number of allylic oxidation sites excluding steroid dienone is 3. The topological polar surface area (TPSA) is 77.3 Å². The van der Waals surface area contributed by atoms with Gasteiger partial charge in [-0.15, -0.1) is 16.8 Å². The van der Waals surface area contributed by atoms with Gasteiger partial charge in [0.1, 0.15) is 6.21 Å². The van der Waals surface area contributed by atoms with Crippen LogP contribution >= 0.6 is 0 Å². The Kier molecular flexibility index (Phi) is 6.67. The van der Waals surface area contributed by atoms with Crippen molar-refractivity contribution in [3.63, 3.8) is 0 Å². The minimum absolute atomic E-state index is 0.0652. The van der Waals surface area contributed by atoms with Gasteiger partial charge >= 0.3 is 11.9 Å². The molecule has 0 heterocycles. The van der Waals surface area contributed by atoms with Gasteiger partial charge in [-0.1, -0.05) is 13.0 Å². The van der Waals surface area contributed by atoms with Crippen LogP contribution in [0.4, 0.5) is 0 Å². The number of carbonyl (C=O) groups is 2. The van der Waals surface area contributed by atoms with Gasteiger partial charge in [-0.25, -0.2) is 9.59 Å². The third kappa shape index (κ3) is 5.48. The summed E-state index contributed by atoms with van der Waals surface area (Å²) in [6.45, 7) is 5.75. The van der Waals surface area contributed by atoms with E-state index in [0.29, 0.717) is 5.71 Å². The molecule has 0 bridgehead atoms. The second-order valence-corrected chi connectivity index (χ2v) is 4.20. The van der Waals surface area contributed by atoms with Crippen LogP contribution in [0, 0.1) is 12.3 Å². The number of ether oxygens (including phenoxy) is 2. The van der Waals surface area contributed by atoms with Crippen molar-refractivity contribution in [2.45, 2.75) is 6.92 Å². The van der Waals surface area contributed by atoms with Gasteiger partial charge in [-0.2, -0.15) is 0 Å². The Balaban J connectivity index is 2.74. The quantitative estimate of drug-likeness (QED) is 0.245. The fourth-order valence-corrected chi connectivity index (χ4v) is 1.28. The van der Waals surface area contributed by atoms with E-state index in [0.717, 1.165) is 6.21 Å². The Morgan fingerprint density at radius 2 is 2.29 bits per heavy atom. The summed E-state index contributed by atoms with van der Waals surface area (Å²) in [6, 6.07) is 0. The summed E-state index contributed by atoms with van der Waals surface area (Å²) >= 11 is 0. The van der Waals surface area contributed by atoms with E-state index in [-0.39, 0.29) is 18.1 Å². The fourth-order valence-electron chi connectivity index (χ4n) is 1.28. The van der Waals surface area contributed by atoms with Gasteiger partial charge in [0, 0.05) is 12.3 Å². The normalized spacial score (nSPS) is 17.0. The first-order chi connectivity index (χ1) is 10.1. The molecule has 21 heavy (non-hydrogen) atoms. The minimum atomic E-state index is -0.626. The summed E-state index contributed by atoms with van der Waals surface area (Å²) in [6.07, 6.45) is 9.19. The van der Waals surface area contributed by atoms with Crippen molar-refractivity contribution in [1.29, 1.82) is 0 Å². The van der Waals surface area contributed by atoms with Crippen molar-refractivity contribution in [2.75, 3.05) is 13.7 Å². The van der Waals surface area contributed by atoms with Crippen molar-refractivity contribution < 1.29 is 19.1 Å². The Morgan fingerprint density at radius 3 is 2.95 bits per heavy atom. The lowest BCUT2D eigenvalue weighted by molar-refractivity contribution is -0.139. The van der Waals surface area contributed by atoms with Crippen LogP contribution < -0.4 is 0 Å². The van der Waals surface area contributed by atoms with E-state index in [1.807, 2.05) is 6.92 Å². The van der Waals surface area contributed by atoms with Crippen LogP contribution in [0.1, 0.15) is 6.92 Å². The zero-order valence-electron chi connectivity index (χ0n) is 12.0. The maximum absolute atomic E-state index is 12.0. The monoisotopic (exact) mass is 289 g/mol. The molecule has 1 unspecified atom stereocenters. The van der Waals surface area contributed by atoms with Crippen LogP contribution in [0.15, 0.2) is 46.7 Å². The van der Waals surface area contributed by atoms with Gasteiger partial charge in [0.25, 0.3) is 0 Å². The number of hydrogen-bond donors (Lipinski definition) is 0. The summed E-state index contributed by atoms with van der Waals surface area (Å²) in [4.78, 5) is 22.9. The maximum atomic E-state index is 12.0. The predicted octanol–water partition coefficient (Wildman–Crippen LogP) is 1.65. The third-order valence-corrected chi connectivity index (χ3v) is 2.53. The van der Waals surface area contributed by atoms with E-state index in [4.69, 9.17) is 4.74 Å². The molecule has 6 nitrogen and oxygen atoms in total. The molecular formula is C15H17N2O4+. The number of carbonyl (C=O) groups excluding carboxylic acids is 2. The molecule has 0 amide bonds. The average Bonchev–Trinajstić information content (AvgIpc) is 2.52. The molecule has 1 aliphatic carbocycles. The molecule has 1 atom stereocenters. The standard InChI is InChI=1S/C15H17N2O4/c1-4-11(2)10-21-15(19)12-7-5-6-8-13(12)17-16-9-14(18)20-3/h4-9,11H,1,10H2,2-3H3/q+1/b16-9+,17-13+. The lowest BCUT2D eigenvalue weighted by atomic mass is 10.0. The van der Waals surface area contributed by atoms with Crippen molar-refractivity contribution in [3.8, 4) is 0 Å². The maximum Gasteiger partial charge on any atom is 0.398 e. The highest BCUT2D eigenvalue weighted by Crippen LogP contribution is 2.12. The Bertz CT molecular complexity index is 530. The molecule has 0 aromatic carbocycles. The Labute approximate surface area is 123 Å². The van der Waals surface area contributed by atoms with Crippen LogP contribution in [-0.4, -0.2) is 37.6 Å². The first-order valence-corrected chi connectivity index (χ1v) is 6.29. The molecule has 0 fully saturated rings. The summed E-state index contributed by atoms with van der Waals surface area (Å²) in [5.41, 5.74) is 0.588. The lowest BCUT2D eigenvalue weighted by Gasteiger charge is -2.07. The number of hydrogen-bond acceptors (Lipinski definition) is 6. The van der Waals surface area contributed by atoms with Gasteiger partial charge in [0.2, 0.25) is 5.71 Å². The van der Waals surface area contributed by atoms with Crippen molar-refractivity contribution >= 4 is 23.9 Å². The first kappa shape index (κ1) is 16.4. The zero-order valence-corrected chi connectivity index (χ0v) is 12.0. The Hall–Kier alpha value is -2.63. The molecule has 0 aromatic heterocycles. The van der Waals surface area contributed by atoms with E-state index in [2.05, 4.69) is 21.5 Å². The van der Waals surface area contributed by atoms with E-state index >= 15 is 0 Å². The van der Waals surface area contributed by atoms with Crippen molar-refractivity contribution in [3.05, 3.63) is 42.9 Å². The first-order valence-electron chi connectivity index (χ1n) is 6.29. The average molecular weight is 289 g/mol. The predicted molar refractivity (Wildman–Crippen MR) is 79.8 cm³/mol. The Morgan fingerprint density at radius 1 is 1.52 bits per heavy atom. The fraction of sp³-hybridized carbons (Fsp3) is 0.267. The van der Waals surface area contributed by atoms with Crippen LogP contribution in [0.25, 0.3) is 0 Å². The highest BCUT2D eigenvalue weighted by molar-refractivity contribution is 6.26. The lowest BCUT2D eigenvalue weighted by Crippen LogP contribution is -2.18. The van der Waals surface area contributed by atoms with E-state index in [1.54, 1.807) is 30.7 Å². The molecule has 0 N–H and O–H groups in total. The highest BCUT2D eigenvalue weighted by Gasteiger charge is 2.26. The largest absolute Gasteiger partial charge is 0.465 e. The SMILES string of the molecule is C=CC(C)COC(=O)C1=C[CH+]C=C/C1=N\N=C\C(=O)OC. The number of nitrogens with zero attached hydrogens (tertiary/aromatic N) is 2. The highest BCUT2D eigenvalue weighted by atomic mass is 16.5. The third-order valence-electron chi connectivity index (χ3n) is 2.53. The van der Waals surface area contributed by atoms with Crippen LogP contribution in [-0.2, 0) is 19.1 Å².